The number of aliphatic carboxylic acids is 1. The van der Waals surface area contributed by atoms with Gasteiger partial charge >= 0.3 is 11.9 Å². The van der Waals surface area contributed by atoms with Crippen molar-refractivity contribution >= 4 is 106 Å². The number of carbonyl (C=O) groups is 15. The van der Waals surface area contributed by atoms with E-state index < -0.39 is 163 Å². The van der Waals surface area contributed by atoms with Crippen molar-refractivity contribution in [3.05, 3.63) is 63.6 Å². The van der Waals surface area contributed by atoms with Gasteiger partial charge in [-0.1, -0.05) is 54.0 Å². The van der Waals surface area contributed by atoms with Crippen LogP contribution >= 0.6 is 11.3 Å². The zero-order chi connectivity index (χ0) is 66.7. The fraction of sp³-hybridized carbons (Fsp3) is 0.533. The van der Waals surface area contributed by atoms with Crippen molar-refractivity contribution in [2.75, 3.05) is 45.2 Å². The molecule has 1 aromatic heterocycles. The molecule has 4 unspecified atom stereocenters. The molecule has 91 heavy (non-hydrogen) atoms. The average Bonchev–Trinajstić information content (AvgIpc) is 1.23. The Bertz CT molecular complexity index is 3290. The van der Waals surface area contributed by atoms with Crippen molar-refractivity contribution in [1.82, 2.24) is 56.9 Å². The van der Waals surface area contributed by atoms with Crippen molar-refractivity contribution in [2.24, 2.45) is 23.7 Å². The van der Waals surface area contributed by atoms with E-state index in [9.17, 15) is 77.0 Å². The summed E-state index contributed by atoms with van der Waals surface area (Å²) in [5, 5.41) is 33.4. The van der Waals surface area contributed by atoms with E-state index in [2.05, 4.69) is 47.5 Å². The first-order chi connectivity index (χ1) is 43.0. The molecule has 1 aliphatic carbocycles. The summed E-state index contributed by atoms with van der Waals surface area (Å²) in [7, 11) is 1.71. The predicted octanol–water partition coefficient (Wildman–Crippen LogP) is -0.612. The highest BCUT2D eigenvalue weighted by molar-refractivity contribution is 7.09. The van der Waals surface area contributed by atoms with Crippen LogP contribution in [0, 0.1) is 23.7 Å². The Hall–Kier alpha value is -9.42. The fourth-order valence-corrected chi connectivity index (χ4v) is 12.0. The largest absolute Gasteiger partial charge is 0.491 e. The van der Waals surface area contributed by atoms with Gasteiger partial charge in [-0.25, -0.2) is 4.98 Å². The third kappa shape index (κ3) is 17.3. The zero-order valence-electron chi connectivity index (χ0n) is 51.5. The maximum atomic E-state index is 14.7. The predicted molar refractivity (Wildman–Crippen MR) is 320 cm³/mol. The van der Waals surface area contributed by atoms with E-state index in [4.69, 9.17) is 9.47 Å². The number of benzene rings is 1. The smallest absolute Gasteiger partial charge is 0.311 e. The normalized spacial score (nSPS) is 23.3. The highest BCUT2D eigenvalue weighted by Crippen LogP contribution is 2.43. The minimum atomic E-state index is -2.12. The maximum absolute atomic E-state index is 14.7. The van der Waals surface area contributed by atoms with Gasteiger partial charge in [0.25, 0.3) is 29.5 Å². The summed E-state index contributed by atoms with van der Waals surface area (Å²) < 4.78 is 12.1. The van der Waals surface area contributed by atoms with Gasteiger partial charge in [0.2, 0.25) is 47.3 Å². The number of nitrogens with zero attached hydrogens (tertiary/aromatic N) is 4. The van der Waals surface area contributed by atoms with Crippen LogP contribution in [0.15, 0.2) is 41.8 Å². The van der Waals surface area contributed by atoms with E-state index in [0.717, 1.165) is 42.1 Å². The van der Waals surface area contributed by atoms with Gasteiger partial charge in [-0.15, -0.1) is 11.3 Å². The lowest BCUT2D eigenvalue weighted by Gasteiger charge is -2.34. The molecular formula is C60H76N12O18S. The molecular weight excluding hydrogens is 1210 g/mol. The fourth-order valence-electron chi connectivity index (χ4n) is 11.1. The van der Waals surface area contributed by atoms with Crippen LogP contribution in [0.1, 0.15) is 126 Å². The number of nitrogens with one attached hydrogen (secondary N) is 8. The number of hydrogen-bond acceptors (Lipinski definition) is 19. The van der Waals surface area contributed by atoms with Crippen molar-refractivity contribution in [1.29, 1.82) is 0 Å². The number of carboxylic acid groups (broad SMARTS) is 1. The topological polar surface area (TPSA) is 414 Å². The SMILES string of the molecule is CCC(C)CC(=O)N(C)C(C[C@@H](OC(C)=O)c1nc(C(=O)N[C@H]2Cc3ccc4c(c3[C@H](C(=O)O)C2)NC(=O)C(C(C)C)NC(=O)[C@H]2NC(=O)CCCNC(=O)[C@H](NC(=O)CN3C(=O)C=CC3=O)[C@H](NC(=O)CN3C(=O)C=CC3=O)C(=O)NCC2CO4)cs1)C(C)C. The van der Waals surface area contributed by atoms with Crippen LogP contribution < -0.4 is 47.3 Å². The number of carboxylic acids is 1. The molecule has 30 nitrogen and oxygen atoms in total. The second kappa shape index (κ2) is 30.4. The Kier molecular flexibility index (Phi) is 23.1. The molecule has 0 spiro atoms. The Morgan fingerprint density at radius 3 is 1.98 bits per heavy atom. The standard InChI is InChI=1S/C60H76N12O18S/c1-9-30(6)19-47(81)70(8)37(28(2)3)22-39(90-31(7)73)59-64-36(27-91-59)54(82)63-34-20-32-12-13-38-51(48(32)35(21-34)60(87)88)69-57(85)49(29(4)5)68-58(86)50-33(26-89-38)23-62-56(84)53(67-42(76)25-72-45(79)16-17-46(72)80)52(55(83)61-18-10-11-40(74)65-50)66-41(75)24-71-43(77)14-15-44(71)78/h12-17,27-30,33-35,37,39,49-50,52-53H,9-11,18-26H2,1-8H3,(H,61,83)(H,62,84)(H,63,82)(H,65,74)(H,66,75)(H,67,76)(H,68,86)(H,69,85)(H,87,88)/t30?,33?,34-,35+,37?,39+,49?,50-,52+,53-/m0/s1. The molecule has 5 aliphatic rings. The van der Waals surface area contributed by atoms with Crippen LogP contribution in [-0.2, 0) is 78.3 Å². The molecule has 2 aromatic rings. The minimum absolute atomic E-state index is 0.0195. The van der Waals surface area contributed by atoms with E-state index in [1.165, 1.54) is 24.4 Å². The van der Waals surface area contributed by atoms with Gasteiger partial charge < -0.3 is 62.0 Å². The molecule has 13 amide bonds. The third-order valence-corrected chi connectivity index (χ3v) is 17.2. The van der Waals surface area contributed by atoms with E-state index >= 15 is 0 Å². The molecule has 0 saturated carbocycles. The van der Waals surface area contributed by atoms with Crippen LogP contribution in [0.25, 0.3) is 0 Å². The van der Waals surface area contributed by atoms with E-state index in [-0.39, 0.29) is 85.1 Å². The van der Waals surface area contributed by atoms with Crippen molar-refractivity contribution in [3.8, 4) is 5.75 Å². The minimum Gasteiger partial charge on any atom is -0.491 e. The zero-order valence-corrected chi connectivity index (χ0v) is 52.4. The van der Waals surface area contributed by atoms with E-state index in [1.807, 2.05) is 27.7 Å². The molecule has 1 aromatic carbocycles. The van der Waals surface area contributed by atoms with Crippen LogP contribution in [0.3, 0.4) is 0 Å². The van der Waals surface area contributed by atoms with E-state index in [1.54, 1.807) is 25.8 Å². The lowest BCUT2D eigenvalue weighted by Crippen LogP contribution is -2.66. The van der Waals surface area contributed by atoms with Crippen molar-refractivity contribution < 1.29 is 86.5 Å². The number of anilines is 1. The number of hydrogen-bond donors (Lipinski definition) is 9. The number of imide groups is 2. The number of ether oxygens (including phenoxy) is 2. The summed E-state index contributed by atoms with van der Waals surface area (Å²) in [6.45, 7) is 8.87. The Morgan fingerprint density at radius 1 is 0.813 bits per heavy atom. The quantitative estimate of drug-likeness (QED) is 0.0626. The number of rotatable bonds is 19. The second-order valence-electron chi connectivity index (χ2n) is 23.7. The lowest BCUT2D eigenvalue weighted by molar-refractivity contribution is -0.149. The number of esters is 1. The van der Waals surface area contributed by atoms with Crippen molar-refractivity contribution in [3.63, 3.8) is 0 Å². The Labute approximate surface area is 527 Å². The molecule has 5 heterocycles. The molecule has 0 radical (unpaired) electrons. The molecule has 490 valence electrons. The van der Waals surface area contributed by atoms with Gasteiger partial charge in [0, 0.05) is 94.0 Å². The molecule has 7 rings (SSSR count). The molecule has 4 aliphatic heterocycles. The molecule has 1 fully saturated rings. The number of fused-ring (bicyclic) bond motifs is 4. The maximum Gasteiger partial charge on any atom is 0.311 e. The van der Waals surface area contributed by atoms with Crippen LogP contribution in [0.2, 0.25) is 0 Å². The summed E-state index contributed by atoms with van der Waals surface area (Å²) in [5.41, 5.74) is 0.314. The first-order valence-electron chi connectivity index (χ1n) is 29.9. The molecule has 9 N–H and O–H groups in total. The van der Waals surface area contributed by atoms with Gasteiger partial charge in [0.1, 0.15) is 53.7 Å². The molecule has 0 bridgehead atoms. The summed E-state index contributed by atoms with van der Waals surface area (Å²) in [4.78, 5) is 209. The summed E-state index contributed by atoms with van der Waals surface area (Å²) in [6.07, 6.45) is 3.33. The first-order valence-corrected chi connectivity index (χ1v) is 30.8. The monoisotopic (exact) mass is 1280 g/mol. The Balaban J connectivity index is 1.18. The van der Waals surface area contributed by atoms with Gasteiger partial charge in [0.15, 0.2) is 6.10 Å². The highest BCUT2D eigenvalue weighted by Gasteiger charge is 2.43. The average molecular weight is 1290 g/mol. The third-order valence-electron chi connectivity index (χ3n) is 16.3. The number of amides is 13. The van der Waals surface area contributed by atoms with Gasteiger partial charge in [-0.3, -0.25) is 81.7 Å². The summed E-state index contributed by atoms with van der Waals surface area (Å²) in [6, 6.07) is -5.44. The molecule has 10 atom stereocenters. The highest BCUT2D eigenvalue weighted by atomic mass is 32.1. The summed E-state index contributed by atoms with van der Waals surface area (Å²) >= 11 is 1.07. The number of thiazole rings is 1. The van der Waals surface area contributed by atoms with Crippen LogP contribution in [0.4, 0.5) is 5.69 Å². The summed E-state index contributed by atoms with van der Waals surface area (Å²) in [5.74, 6) is -16.8. The Morgan fingerprint density at radius 2 is 1.42 bits per heavy atom. The molecule has 1 saturated heterocycles. The second-order valence-corrected chi connectivity index (χ2v) is 24.6. The van der Waals surface area contributed by atoms with Gasteiger partial charge in [0.05, 0.1) is 18.2 Å². The van der Waals surface area contributed by atoms with Crippen LogP contribution in [0.5, 0.6) is 5.75 Å². The number of aromatic nitrogens is 1. The lowest BCUT2D eigenvalue weighted by atomic mass is 9.78. The van der Waals surface area contributed by atoms with Gasteiger partial charge in [-0.05, 0) is 54.2 Å². The van der Waals surface area contributed by atoms with Crippen LogP contribution in [-0.4, -0.2) is 190 Å². The van der Waals surface area contributed by atoms with Crippen molar-refractivity contribution in [2.45, 2.75) is 142 Å². The van der Waals surface area contributed by atoms with E-state index in [0.29, 0.717) is 26.8 Å². The molecule has 31 heteroatoms. The number of carbonyl (C=O) groups excluding carboxylic acids is 14. The first kappa shape index (κ1) is 69.1. The van der Waals surface area contributed by atoms with Gasteiger partial charge in [-0.2, -0.15) is 0 Å².